The normalized spacial score (nSPS) is 10.6. The average Bonchev–Trinajstić information content (AvgIpc) is 2.57. The summed E-state index contributed by atoms with van der Waals surface area (Å²) in [6.45, 7) is 2.06. The van der Waals surface area contributed by atoms with Crippen LogP contribution < -0.4 is 0 Å². The summed E-state index contributed by atoms with van der Waals surface area (Å²) in [5.41, 5.74) is 2.23. The summed E-state index contributed by atoms with van der Waals surface area (Å²) in [6, 6.07) is 7.84. The minimum atomic E-state index is -0.682. The summed E-state index contributed by atoms with van der Waals surface area (Å²) in [4.78, 5) is 17.8. The van der Waals surface area contributed by atoms with Crippen LogP contribution >= 0.6 is 15.9 Å². The molecule has 122 valence electrons. The standard InChI is InChI=1S/C12H9BrN2.C6H12O2/c13-12(11-3-7-15-8-4-11)9-10-1-5-14-6-2-10;1-2-3-4-5-6(7)8/h1-9H;2-5H2,1H3,(H,7,8). The van der Waals surface area contributed by atoms with Crippen molar-refractivity contribution in [3.63, 3.8) is 0 Å². The third kappa shape index (κ3) is 8.88. The molecule has 0 spiro atoms. The molecule has 0 fully saturated rings. The Labute approximate surface area is 145 Å². The zero-order chi connectivity index (χ0) is 16.9. The molecule has 4 nitrogen and oxygen atoms in total. The van der Waals surface area contributed by atoms with Crippen LogP contribution in [-0.2, 0) is 4.79 Å². The minimum Gasteiger partial charge on any atom is -0.481 e. The molecule has 2 aromatic heterocycles. The van der Waals surface area contributed by atoms with Gasteiger partial charge in [0.2, 0.25) is 0 Å². The van der Waals surface area contributed by atoms with Crippen molar-refractivity contribution in [3.8, 4) is 0 Å². The van der Waals surface area contributed by atoms with Gasteiger partial charge in [-0.1, -0.05) is 35.7 Å². The van der Waals surface area contributed by atoms with Gasteiger partial charge in [0.1, 0.15) is 0 Å². The average molecular weight is 377 g/mol. The Bertz CT molecular complexity index is 601. The maximum atomic E-state index is 9.87. The molecule has 0 atom stereocenters. The van der Waals surface area contributed by atoms with E-state index in [-0.39, 0.29) is 0 Å². The van der Waals surface area contributed by atoms with E-state index in [1.54, 1.807) is 24.8 Å². The highest BCUT2D eigenvalue weighted by atomic mass is 79.9. The smallest absolute Gasteiger partial charge is 0.303 e. The zero-order valence-corrected chi connectivity index (χ0v) is 14.7. The lowest BCUT2D eigenvalue weighted by Gasteiger charge is -1.98. The molecule has 23 heavy (non-hydrogen) atoms. The molecule has 2 aromatic rings. The van der Waals surface area contributed by atoms with Gasteiger partial charge in [-0.3, -0.25) is 14.8 Å². The summed E-state index contributed by atoms with van der Waals surface area (Å²) >= 11 is 3.54. The fraction of sp³-hybridized carbons (Fsp3) is 0.278. The number of rotatable bonds is 6. The number of nitrogens with zero attached hydrogens (tertiary/aromatic N) is 2. The van der Waals surface area contributed by atoms with Gasteiger partial charge in [0.25, 0.3) is 0 Å². The van der Waals surface area contributed by atoms with Gasteiger partial charge in [0.15, 0.2) is 0 Å². The summed E-state index contributed by atoms with van der Waals surface area (Å²) in [5, 5.41) is 8.14. The molecule has 0 aliphatic carbocycles. The van der Waals surface area contributed by atoms with E-state index in [0.717, 1.165) is 34.9 Å². The minimum absolute atomic E-state index is 0.327. The molecule has 0 aromatic carbocycles. The van der Waals surface area contributed by atoms with E-state index < -0.39 is 5.97 Å². The lowest BCUT2D eigenvalue weighted by Crippen LogP contribution is -1.92. The second-order valence-electron chi connectivity index (χ2n) is 4.86. The lowest BCUT2D eigenvalue weighted by atomic mass is 10.2. The Morgan fingerprint density at radius 1 is 1.09 bits per heavy atom. The van der Waals surface area contributed by atoms with Gasteiger partial charge in [-0.15, -0.1) is 0 Å². The number of carbonyl (C=O) groups is 1. The van der Waals surface area contributed by atoms with E-state index in [1.807, 2.05) is 24.3 Å². The fourth-order valence-corrected chi connectivity index (χ4v) is 2.26. The van der Waals surface area contributed by atoms with Crippen LogP contribution in [0, 0.1) is 0 Å². The molecule has 0 unspecified atom stereocenters. The topological polar surface area (TPSA) is 63.1 Å². The van der Waals surface area contributed by atoms with Crippen LogP contribution in [0.3, 0.4) is 0 Å². The van der Waals surface area contributed by atoms with E-state index in [1.165, 1.54) is 0 Å². The Kier molecular flexibility index (Phi) is 9.55. The van der Waals surface area contributed by atoms with Gasteiger partial charge >= 0.3 is 5.97 Å². The van der Waals surface area contributed by atoms with Crippen molar-refractivity contribution in [1.82, 2.24) is 9.97 Å². The number of halogens is 1. The van der Waals surface area contributed by atoms with E-state index in [2.05, 4.69) is 38.9 Å². The highest BCUT2D eigenvalue weighted by Gasteiger charge is 1.96. The van der Waals surface area contributed by atoms with Crippen LogP contribution in [0.2, 0.25) is 0 Å². The van der Waals surface area contributed by atoms with Crippen LogP contribution in [0.1, 0.15) is 43.7 Å². The Morgan fingerprint density at radius 3 is 2.17 bits per heavy atom. The maximum Gasteiger partial charge on any atom is 0.303 e. The van der Waals surface area contributed by atoms with Crippen LogP contribution in [0.25, 0.3) is 10.6 Å². The molecule has 0 saturated heterocycles. The first-order valence-corrected chi connectivity index (χ1v) is 8.32. The molecule has 0 aliphatic heterocycles. The molecule has 2 rings (SSSR count). The van der Waals surface area contributed by atoms with Crippen molar-refractivity contribution in [2.75, 3.05) is 0 Å². The predicted octanol–water partition coefficient (Wildman–Crippen LogP) is 5.02. The number of aliphatic carboxylic acids is 1. The van der Waals surface area contributed by atoms with Crippen LogP contribution in [0.5, 0.6) is 0 Å². The number of aromatic nitrogens is 2. The van der Waals surface area contributed by atoms with Crippen LogP contribution in [0.4, 0.5) is 0 Å². The first-order valence-electron chi connectivity index (χ1n) is 7.53. The second kappa shape index (κ2) is 11.5. The molecule has 0 saturated carbocycles. The highest BCUT2D eigenvalue weighted by molar-refractivity contribution is 9.15. The summed E-state index contributed by atoms with van der Waals surface area (Å²) in [5.74, 6) is -0.682. The number of unbranched alkanes of at least 4 members (excludes halogenated alkanes) is 2. The molecular weight excluding hydrogens is 356 g/mol. The maximum absolute atomic E-state index is 9.87. The van der Waals surface area contributed by atoms with Gasteiger partial charge in [-0.25, -0.2) is 0 Å². The summed E-state index contributed by atoms with van der Waals surface area (Å²) in [7, 11) is 0. The van der Waals surface area contributed by atoms with Gasteiger partial charge < -0.3 is 5.11 Å². The Hall–Kier alpha value is -2.01. The Balaban J connectivity index is 0.000000284. The molecular formula is C18H21BrN2O2. The number of hydrogen-bond acceptors (Lipinski definition) is 3. The van der Waals surface area contributed by atoms with Crippen molar-refractivity contribution in [3.05, 3.63) is 60.2 Å². The highest BCUT2D eigenvalue weighted by Crippen LogP contribution is 2.22. The molecule has 0 amide bonds. The van der Waals surface area contributed by atoms with Crippen molar-refractivity contribution in [2.24, 2.45) is 0 Å². The SMILES string of the molecule is BrC(=Cc1ccncc1)c1ccncc1.CCCCCC(=O)O. The van der Waals surface area contributed by atoms with E-state index in [9.17, 15) is 4.79 Å². The number of pyridine rings is 2. The van der Waals surface area contributed by atoms with Gasteiger partial charge in [-0.2, -0.15) is 0 Å². The summed E-state index contributed by atoms with van der Waals surface area (Å²) < 4.78 is 1.04. The fourth-order valence-electron chi connectivity index (χ4n) is 1.73. The van der Waals surface area contributed by atoms with E-state index in [0.29, 0.717) is 6.42 Å². The van der Waals surface area contributed by atoms with Crippen molar-refractivity contribution in [1.29, 1.82) is 0 Å². The molecule has 1 N–H and O–H groups in total. The largest absolute Gasteiger partial charge is 0.481 e. The lowest BCUT2D eigenvalue weighted by molar-refractivity contribution is -0.137. The van der Waals surface area contributed by atoms with Crippen molar-refractivity contribution in [2.45, 2.75) is 32.6 Å². The van der Waals surface area contributed by atoms with Gasteiger partial charge in [0, 0.05) is 35.7 Å². The van der Waals surface area contributed by atoms with E-state index >= 15 is 0 Å². The van der Waals surface area contributed by atoms with Crippen molar-refractivity contribution >= 4 is 32.5 Å². The number of carboxylic acid groups (broad SMARTS) is 1. The van der Waals surface area contributed by atoms with Crippen LogP contribution in [-0.4, -0.2) is 21.0 Å². The molecule has 0 radical (unpaired) electrons. The van der Waals surface area contributed by atoms with E-state index in [4.69, 9.17) is 5.11 Å². The first-order chi connectivity index (χ1) is 11.1. The molecule has 5 heteroatoms. The summed E-state index contributed by atoms with van der Waals surface area (Å²) in [6.07, 6.45) is 12.4. The van der Waals surface area contributed by atoms with Gasteiger partial charge in [0.05, 0.1) is 0 Å². The molecule has 0 aliphatic rings. The molecule has 0 bridgehead atoms. The predicted molar refractivity (Wildman–Crippen MR) is 97.0 cm³/mol. The molecule has 2 heterocycles. The van der Waals surface area contributed by atoms with Gasteiger partial charge in [-0.05, 0) is 47.9 Å². The number of hydrogen-bond donors (Lipinski definition) is 1. The van der Waals surface area contributed by atoms with Crippen molar-refractivity contribution < 1.29 is 9.90 Å². The van der Waals surface area contributed by atoms with Crippen LogP contribution in [0.15, 0.2) is 49.1 Å². The first kappa shape index (κ1) is 19.0. The number of carboxylic acids is 1. The third-order valence-electron chi connectivity index (χ3n) is 2.95. The Morgan fingerprint density at radius 2 is 1.65 bits per heavy atom. The second-order valence-corrected chi connectivity index (χ2v) is 5.71. The monoisotopic (exact) mass is 376 g/mol. The quantitative estimate of drug-likeness (QED) is 0.718. The zero-order valence-electron chi connectivity index (χ0n) is 13.2. The third-order valence-corrected chi connectivity index (χ3v) is 3.64.